The lowest BCUT2D eigenvalue weighted by Gasteiger charge is -2.06. The molecule has 0 fully saturated rings. The zero-order chi connectivity index (χ0) is 13.9. The molecule has 0 unspecified atom stereocenters. The van der Waals surface area contributed by atoms with Crippen molar-refractivity contribution in [1.82, 2.24) is 0 Å². The molecule has 92 valence electrons. The minimum atomic E-state index is 0.543. The van der Waals surface area contributed by atoms with Crippen molar-refractivity contribution in [2.45, 2.75) is 6.92 Å². The maximum absolute atomic E-state index is 8.02. The molecule has 0 amide bonds. The van der Waals surface area contributed by atoms with Crippen LogP contribution in [-0.4, -0.2) is 0 Å². The Kier molecular flexibility index (Phi) is 2.84. The summed E-state index contributed by atoms with van der Waals surface area (Å²) in [6.45, 7) is 2.08. The van der Waals surface area contributed by atoms with Crippen LogP contribution in [0.15, 0.2) is 78.8 Å². The van der Waals surface area contributed by atoms with E-state index in [1.807, 2.05) is 30.3 Å². The van der Waals surface area contributed by atoms with Gasteiger partial charge >= 0.3 is 0 Å². The zero-order valence-electron chi connectivity index (χ0n) is 11.9. The van der Waals surface area contributed by atoms with Crippen LogP contribution in [-0.2, 0) is 0 Å². The second-order valence-corrected chi connectivity index (χ2v) is 4.74. The van der Waals surface area contributed by atoms with Gasteiger partial charge in [-0.15, -0.1) is 0 Å². The van der Waals surface area contributed by atoms with E-state index in [1.165, 1.54) is 5.56 Å². The Balaban J connectivity index is 2.09. The van der Waals surface area contributed by atoms with Gasteiger partial charge in [-0.3, -0.25) is 0 Å². The van der Waals surface area contributed by atoms with Crippen LogP contribution in [0.2, 0.25) is 0 Å². The summed E-state index contributed by atoms with van der Waals surface area (Å²) in [6, 6.07) is 25.2. The Morgan fingerprint density at radius 1 is 0.632 bits per heavy atom. The molecule has 0 nitrogen and oxygen atoms in total. The van der Waals surface area contributed by atoms with Crippen molar-refractivity contribution in [1.29, 1.82) is 0 Å². The first-order chi connectivity index (χ1) is 9.72. The van der Waals surface area contributed by atoms with Crippen LogP contribution in [0.1, 0.15) is 6.93 Å². The van der Waals surface area contributed by atoms with Gasteiger partial charge in [0.25, 0.3) is 0 Å². The fourth-order valence-electron chi connectivity index (χ4n) is 2.18. The summed E-state index contributed by atoms with van der Waals surface area (Å²) in [5, 5.41) is 0. The van der Waals surface area contributed by atoms with Crippen molar-refractivity contribution in [3.63, 3.8) is 0 Å². The number of rotatable bonds is 2. The number of hydrogen-bond acceptors (Lipinski definition) is 0. The van der Waals surface area contributed by atoms with Gasteiger partial charge in [-0.25, -0.2) is 0 Å². The minimum Gasteiger partial charge on any atom is -0.0622 e. The van der Waals surface area contributed by atoms with Crippen LogP contribution >= 0.6 is 0 Å². The molecule has 0 aliphatic heterocycles. The minimum absolute atomic E-state index is 0.543. The second kappa shape index (κ2) is 5.11. The third-order valence-corrected chi connectivity index (χ3v) is 3.28. The summed E-state index contributed by atoms with van der Waals surface area (Å²) in [5.41, 5.74) is 5.74. The Hall–Kier alpha value is -2.34. The maximum atomic E-state index is 8.02. The highest BCUT2D eigenvalue weighted by molar-refractivity contribution is 5.73. The molecule has 3 aromatic rings. The summed E-state index contributed by atoms with van der Waals surface area (Å²) in [6.07, 6.45) is 0. The van der Waals surface area contributed by atoms with E-state index in [0.717, 1.165) is 22.3 Å². The molecule has 0 aliphatic rings. The average Bonchev–Trinajstić information content (AvgIpc) is 2.48. The number of hydrogen-bond donors (Lipinski definition) is 0. The fourth-order valence-corrected chi connectivity index (χ4v) is 2.18. The maximum Gasteiger partial charge on any atom is 0.0623 e. The number of benzene rings is 3. The Morgan fingerprint density at radius 2 is 1.21 bits per heavy atom. The lowest BCUT2D eigenvalue weighted by atomic mass is 9.99. The predicted molar refractivity (Wildman–Crippen MR) is 82.1 cm³/mol. The standard InChI is InChI=1S/C19H16/c1-15-10-12-17(13-11-15)19-9-5-8-18(14-19)16-6-3-2-4-7-16/h2-14H,1H3/i5T. The molecule has 19 heavy (non-hydrogen) atoms. The molecule has 3 aromatic carbocycles. The first-order valence-electron chi connectivity index (χ1n) is 6.96. The van der Waals surface area contributed by atoms with Crippen molar-refractivity contribution < 1.29 is 1.37 Å². The first-order valence-corrected chi connectivity index (χ1v) is 6.46. The van der Waals surface area contributed by atoms with E-state index in [2.05, 4.69) is 49.4 Å². The van der Waals surface area contributed by atoms with E-state index in [1.54, 1.807) is 0 Å². The SMILES string of the molecule is [3H]c1cc(-c2ccccc2)cc(-c2ccc(C)cc2)c1. The quantitative estimate of drug-likeness (QED) is 0.573. The van der Waals surface area contributed by atoms with Crippen molar-refractivity contribution in [2.24, 2.45) is 0 Å². The smallest absolute Gasteiger partial charge is 0.0622 e. The van der Waals surface area contributed by atoms with E-state index >= 15 is 0 Å². The molecule has 3 rings (SSSR count). The first kappa shape index (κ1) is 10.6. The monoisotopic (exact) mass is 246 g/mol. The van der Waals surface area contributed by atoms with Crippen LogP contribution in [0.4, 0.5) is 0 Å². The summed E-state index contributed by atoms with van der Waals surface area (Å²) in [7, 11) is 0. The van der Waals surface area contributed by atoms with Gasteiger partial charge in [0.05, 0.1) is 1.37 Å². The van der Waals surface area contributed by atoms with E-state index < -0.39 is 0 Å². The molecule has 0 heterocycles. The molecule has 0 aromatic heterocycles. The van der Waals surface area contributed by atoms with Gasteiger partial charge in [-0.2, -0.15) is 0 Å². The highest BCUT2D eigenvalue weighted by Crippen LogP contribution is 2.26. The molecule has 0 atom stereocenters. The zero-order valence-corrected chi connectivity index (χ0v) is 10.9. The Labute approximate surface area is 115 Å². The lowest BCUT2D eigenvalue weighted by molar-refractivity contribution is 1.47. The van der Waals surface area contributed by atoms with E-state index in [9.17, 15) is 0 Å². The summed E-state index contributed by atoms with van der Waals surface area (Å²) < 4.78 is 8.02. The van der Waals surface area contributed by atoms with Crippen molar-refractivity contribution in [2.75, 3.05) is 0 Å². The molecular weight excluding hydrogens is 228 g/mol. The van der Waals surface area contributed by atoms with Gasteiger partial charge in [0.2, 0.25) is 0 Å². The largest absolute Gasteiger partial charge is 0.0623 e. The third-order valence-electron chi connectivity index (χ3n) is 3.28. The summed E-state index contributed by atoms with van der Waals surface area (Å²) in [4.78, 5) is 0. The molecule has 0 heteroatoms. The predicted octanol–water partition coefficient (Wildman–Crippen LogP) is 5.33. The lowest BCUT2D eigenvalue weighted by Crippen LogP contribution is -1.81. The molecule has 0 radical (unpaired) electrons. The second-order valence-electron chi connectivity index (χ2n) is 4.74. The van der Waals surface area contributed by atoms with E-state index in [-0.39, 0.29) is 0 Å². The highest BCUT2D eigenvalue weighted by Gasteiger charge is 2.00. The molecule has 0 bridgehead atoms. The Morgan fingerprint density at radius 3 is 1.84 bits per heavy atom. The van der Waals surface area contributed by atoms with Gasteiger partial charge in [-0.1, -0.05) is 78.3 Å². The normalized spacial score (nSPS) is 11.1. The summed E-state index contributed by atoms with van der Waals surface area (Å²) in [5.74, 6) is 0. The van der Waals surface area contributed by atoms with Gasteiger partial charge in [0.15, 0.2) is 0 Å². The van der Waals surface area contributed by atoms with Gasteiger partial charge in [-0.05, 0) is 35.2 Å². The highest BCUT2D eigenvalue weighted by atomic mass is 14.1. The van der Waals surface area contributed by atoms with Gasteiger partial charge in [0.1, 0.15) is 0 Å². The van der Waals surface area contributed by atoms with Gasteiger partial charge < -0.3 is 0 Å². The van der Waals surface area contributed by atoms with Gasteiger partial charge in [0, 0.05) is 0 Å². The topological polar surface area (TPSA) is 0 Å². The third kappa shape index (κ3) is 2.58. The fraction of sp³-hybridized carbons (Fsp3) is 0.0526. The number of aryl methyl sites for hydroxylation is 1. The van der Waals surface area contributed by atoms with Crippen molar-refractivity contribution in [3.8, 4) is 22.3 Å². The van der Waals surface area contributed by atoms with Crippen LogP contribution in [0, 0.1) is 6.92 Å². The molecule has 0 aliphatic carbocycles. The molecular formula is C19H16. The summed E-state index contributed by atoms with van der Waals surface area (Å²) >= 11 is 0. The Bertz CT molecular complexity index is 713. The van der Waals surface area contributed by atoms with Crippen LogP contribution in [0.25, 0.3) is 22.3 Å². The molecule has 0 spiro atoms. The van der Waals surface area contributed by atoms with E-state index in [0.29, 0.717) is 6.04 Å². The molecule has 0 saturated heterocycles. The van der Waals surface area contributed by atoms with Crippen molar-refractivity contribution >= 4 is 0 Å². The van der Waals surface area contributed by atoms with Crippen LogP contribution < -0.4 is 0 Å². The van der Waals surface area contributed by atoms with E-state index in [4.69, 9.17) is 1.37 Å². The molecule has 0 N–H and O–H groups in total. The van der Waals surface area contributed by atoms with Crippen LogP contribution in [0.5, 0.6) is 0 Å². The average molecular weight is 246 g/mol. The van der Waals surface area contributed by atoms with Crippen LogP contribution in [0.3, 0.4) is 0 Å². The molecule has 0 saturated carbocycles. The van der Waals surface area contributed by atoms with Crippen molar-refractivity contribution in [3.05, 3.63) is 84.4 Å².